The summed E-state index contributed by atoms with van der Waals surface area (Å²) in [6, 6.07) is 0.645. The highest BCUT2D eigenvalue weighted by atomic mass is 16.5. The molecule has 18 heavy (non-hydrogen) atoms. The number of hydrogen-bond acceptors (Lipinski definition) is 3. The third kappa shape index (κ3) is 4.52. The molecule has 0 bridgehead atoms. The lowest BCUT2D eigenvalue weighted by atomic mass is 9.80. The number of rotatable bonds is 5. The van der Waals surface area contributed by atoms with Crippen molar-refractivity contribution in [3.05, 3.63) is 0 Å². The molecule has 0 aliphatic carbocycles. The monoisotopic (exact) mass is 256 g/mol. The zero-order valence-corrected chi connectivity index (χ0v) is 12.9. The first-order valence-electron chi connectivity index (χ1n) is 7.43. The van der Waals surface area contributed by atoms with Crippen molar-refractivity contribution in [2.24, 2.45) is 11.1 Å². The predicted molar refractivity (Wildman–Crippen MR) is 77.7 cm³/mol. The van der Waals surface area contributed by atoms with E-state index in [-0.39, 0.29) is 11.5 Å². The van der Waals surface area contributed by atoms with Gasteiger partial charge < -0.3 is 10.5 Å². The Hall–Kier alpha value is -0.120. The summed E-state index contributed by atoms with van der Waals surface area (Å²) >= 11 is 0. The van der Waals surface area contributed by atoms with Gasteiger partial charge in [0.1, 0.15) is 0 Å². The molecule has 3 atom stereocenters. The molecule has 0 aromatic carbocycles. The first-order chi connectivity index (χ1) is 8.36. The molecular weight excluding hydrogens is 224 g/mol. The minimum atomic E-state index is 0.207. The fourth-order valence-corrected chi connectivity index (χ4v) is 3.24. The minimum Gasteiger partial charge on any atom is -0.377 e. The van der Waals surface area contributed by atoms with E-state index in [1.54, 1.807) is 0 Å². The van der Waals surface area contributed by atoms with Crippen LogP contribution in [0.25, 0.3) is 0 Å². The maximum atomic E-state index is 6.33. The second-order valence-electron chi connectivity index (χ2n) is 6.81. The molecule has 3 unspecified atom stereocenters. The van der Waals surface area contributed by atoms with Gasteiger partial charge >= 0.3 is 0 Å². The molecule has 1 rings (SSSR count). The van der Waals surface area contributed by atoms with E-state index in [0.717, 1.165) is 19.6 Å². The van der Waals surface area contributed by atoms with Crippen molar-refractivity contribution in [3.63, 3.8) is 0 Å². The average Bonchev–Trinajstić information content (AvgIpc) is 2.28. The number of hydrogen-bond donors (Lipinski definition) is 1. The Bertz CT molecular complexity index is 231. The van der Waals surface area contributed by atoms with Gasteiger partial charge in [0.05, 0.1) is 6.10 Å². The van der Waals surface area contributed by atoms with Crippen LogP contribution >= 0.6 is 0 Å². The lowest BCUT2D eigenvalue weighted by molar-refractivity contribution is -0.0219. The summed E-state index contributed by atoms with van der Waals surface area (Å²) in [5.74, 6) is 0. The van der Waals surface area contributed by atoms with Gasteiger partial charge in [0, 0.05) is 25.2 Å². The molecule has 1 aliphatic heterocycles. The minimum absolute atomic E-state index is 0.207. The molecule has 0 aromatic heterocycles. The van der Waals surface area contributed by atoms with Crippen molar-refractivity contribution in [3.8, 4) is 0 Å². The topological polar surface area (TPSA) is 38.5 Å². The van der Waals surface area contributed by atoms with E-state index in [2.05, 4.69) is 39.6 Å². The highest BCUT2D eigenvalue weighted by molar-refractivity contribution is 4.90. The van der Waals surface area contributed by atoms with Gasteiger partial charge in [-0.1, -0.05) is 27.7 Å². The van der Waals surface area contributed by atoms with E-state index in [4.69, 9.17) is 10.5 Å². The fourth-order valence-electron chi connectivity index (χ4n) is 3.24. The highest BCUT2D eigenvalue weighted by Crippen LogP contribution is 2.27. The molecule has 2 N–H and O–H groups in total. The zero-order chi connectivity index (χ0) is 13.8. The summed E-state index contributed by atoms with van der Waals surface area (Å²) in [6.07, 6.45) is 5.15. The Balaban J connectivity index is 2.60. The lowest BCUT2D eigenvalue weighted by Crippen LogP contribution is -2.55. The molecule has 1 heterocycles. The van der Waals surface area contributed by atoms with Crippen LogP contribution < -0.4 is 5.73 Å². The van der Waals surface area contributed by atoms with E-state index < -0.39 is 0 Å². The third-order valence-electron chi connectivity index (χ3n) is 4.00. The molecule has 1 fully saturated rings. The first kappa shape index (κ1) is 15.9. The number of nitrogens with zero attached hydrogens (tertiary/aromatic N) is 1. The van der Waals surface area contributed by atoms with E-state index >= 15 is 0 Å². The Morgan fingerprint density at radius 3 is 2.44 bits per heavy atom. The van der Waals surface area contributed by atoms with Crippen LogP contribution in [0, 0.1) is 5.41 Å². The summed E-state index contributed by atoms with van der Waals surface area (Å²) in [5, 5.41) is 0. The molecule has 3 heteroatoms. The molecule has 1 saturated heterocycles. The SMILES string of the molecule is CCC(N)C(N(C)CC1CCCCO1)C(C)(C)C. The van der Waals surface area contributed by atoms with Gasteiger partial charge in [-0.15, -0.1) is 0 Å². The number of ether oxygens (including phenoxy) is 1. The van der Waals surface area contributed by atoms with Gasteiger partial charge in [0.25, 0.3) is 0 Å². The van der Waals surface area contributed by atoms with Crippen LogP contribution in [0.1, 0.15) is 53.4 Å². The van der Waals surface area contributed by atoms with E-state index in [9.17, 15) is 0 Å². The van der Waals surface area contributed by atoms with Crippen molar-refractivity contribution in [2.75, 3.05) is 20.2 Å². The van der Waals surface area contributed by atoms with Crippen LogP contribution in [0.5, 0.6) is 0 Å². The maximum absolute atomic E-state index is 6.33. The summed E-state index contributed by atoms with van der Waals surface area (Å²) in [7, 11) is 2.20. The zero-order valence-electron chi connectivity index (χ0n) is 12.9. The Kier molecular flexibility index (Phi) is 6.09. The number of nitrogens with two attached hydrogens (primary N) is 1. The molecular formula is C15H32N2O. The van der Waals surface area contributed by atoms with Gasteiger partial charge in [-0.05, 0) is 38.1 Å². The van der Waals surface area contributed by atoms with Crippen molar-refractivity contribution in [1.29, 1.82) is 0 Å². The van der Waals surface area contributed by atoms with Crippen LogP contribution in [0.2, 0.25) is 0 Å². The molecule has 108 valence electrons. The highest BCUT2D eigenvalue weighted by Gasteiger charge is 2.33. The maximum Gasteiger partial charge on any atom is 0.0702 e. The first-order valence-corrected chi connectivity index (χ1v) is 7.43. The van der Waals surface area contributed by atoms with Crippen molar-refractivity contribution < 1.29 is 4.74 Å². The van der Waals surface area contributed by atoms with E-state index in [1.165, 1.54) is 19.3 Å². The molecule has 0 aromatic rings. The molecule has 0 amide bonds. The normalized spacial score (nSPS) is 25.2. The van der Waals surface area contributed by atoms with Gasteiger partial charge in [-0.25, -0.2) is 0 Å². The van der Waals surface area contributed by atoms with Gasteiger partial charge in [-0.3, -0.25) is 4.90 Å². The second-order valence-corrected chi connectivity index (χ2v) is 6.81. The molecule has 0 saturated carbocycles. The summed E-state index contributed by atoms with van der Waals surface area (Å²) < 4.78 is 5.84. The Morgan fingerprint density at radius 1 is 1.33 bits per heavy atom. The second kappa shape index (κ2) is 6.88. The molecule has 3 nitrogen and oxygen atoms in total. The predicted octanol–water partition coefficient (Wildman–Crippen LogP) is 2.64. The molecule has 1 aliphatic rings. The van der Waals surface area contributed by atoms with Gasteiger partial charge in [0.2, 0.25) is 0 Å². The average molecular weight is 256 g/mol. The third-order valence-corrected chi connectivity index (χ3v) is 4.00. The summed E-state index contributed by atoms with van der Waals surface area (Å²) in [5.41, 5.74) is 6.53. The van der Waals surface area contributed by atoms with Gasteiger partial charge in [0.15, 0.2) is 0 Å². The summed E-state index contributed by atoms with van der Waals surface area (Å²) in [4.78, 5) is 2.42. The van der Waals surface area contributed by atoms with Crippen LogP contribution in [0.15, 0.2) is 0 Å². The van der Waals surface area contributed by atoms with Crippen molar-refractivity contribution >= 4 is 0 Å². The Morgan fingerprint density at radius 2 is 2.00 bits per heavy atom. The van der Waals surface area contributed by atoms with Crippen molar-refractivity contribution in [1.82, 2.24) is 4.90 Å². The van der Waals surface area contributed by atoms with Crippen LogP contribution in [-0.4, -0.2) is 43.3 Å². The summed E-state index contributed by atoms with van der Waals surface area (Å²) in [6.45, 7) is 11.0. The number of likely N-dealkylation sites (N-methyl/N-ethyl adjacent to an activating group) is 1. The molecule has 0 radical (unpaired) electrons. The standard InChI is InChI=1S/C15H32N2O/c1-6-13(16)14(15(2,3)4)17(5)11-12-9-7-8-10-18-12/h12-14H,6-11,16H2,1-5H3. The largest absolute Gasteiger partial charge is 0.377 e. The quantitative estimate of drug-likeness (QED) is 0.822. The fraction of sp³-hybridized carbons (Fsp3) is 1.00. The van der Waals surface area contributed by atoms with Crippen LogP contribution in [-0.2, 0) is 4.74 Å². The smallest absolute Gasteiger partial charge is 0.0702 e. The van der Waals surface area contributed by atoms with Gasteiger partial charge in [-0.2, -0.15) is 0 Å². The van der Waals surface area contributed by atoms with E-state index in [0.29, 0.717) is 12.1 Å². The van der Waals surface area contributed by atoms with Crippen molar-refractivity contribution in [2.45, 2.75) is 71.6 Å². The van der Waals surface area contributed by atoms with Crippen LogP contribution in [0.4, 0.5) is 0 Å². The van der Waals surface area contributed by atoms with E-state index in [1.807, 2.05) is 0 Å². The lowest BCUT2D eigenvalue weighted by Gasteiger charge is -2.43. The molecule has 0 spiro atoms. The Labute approximate surface area is 113 Å². The van der Waals surface area contributed by atoms with Crippen LogP contribution in [0.3, 0.4) is 0 Å².